The molecule has 1 aromatic rings. The fourth-order valence-electron chi connectivity index (χ4n) is 1.67. The maximum absolute atomic E-state index is 6.28. The molecule has 0 aromatic heterocycles. The van der Waals surface area contributed by atoms with Gasteiger partial charge in [-0.15, -0.1) is 0 Å². The highest BCUT2D eigenvalue weighted by Gasteiger charge is 2.21. The van der Waals surface area contributed by atoms with Crippen molar-refractivity contribution in [2.75, 3.05) is 19.0 Å². The molecule has 3 heteroatoms. The topological polar surface area (TPSA) is 15.3 Å². The molecular weight excluding hydrogens is 232 g/mol. The van der Waals surface area contributed by atoms with E-state index in [0.717, 1.165) is 23.6 Å². The van der Waals surface area contributed by atoms with Crippen LogP contribution in [0.1, 0.15) is 32.8 Å². The van der Waals surface area contributed by atoms with Crippen LogP contribution in [-0.4, -0.2) is 19.6 Å². The van der Waals surface area contributed by atoms with Crippen molar-refractivity contribution >= 4 is 17.3 Å². The normalized spacial score (nSPS) is 11.6. The molecule has 0 unspecified atom stereocenters. The molecule has 1 N–H and O–H groups in total. The zero-order valence-corrected chi connectivity index (χ0v) is 12.2. The highest BCUT2D eigenvalue weighted by molar-refractivity contribution is 6.31. The van der Waals surface area contributed by atoms with Gasteiger partial charge in [0.25, 0.3) is 0 Å². The maximum Gasteiger partial charge on any atom is 0.0471 e. The van der Waals surface area contributed by atoms with Crippen molar-refractivity contribution in [3.8, 4) is 0 Å². The van der Waals surface area contributed by atoms with Crippen molar-refractivity contribution in [3.63, 3.8) is 0 Å². The predicted molar refractivity (Wildman–Crippen MR) is 77.0 cm³/mol. The Morgan fingerprint density at radius 1 is 1.35 bits per heavy atom. The second-order valence-corrected chi connectivity index (χ2v) is 5.44. The van der Waals surface area contributed by atoms with Crippen molar-refractivity contribution in [1.82, 2.24) is 5.32 Å². The van der Waals surface area contributed by atoms with E-state index in [2.05, 4.69) is 50.2 Å². The van der Waals surface area contributed by atoms with E-state index in [4.69, 9.17) is 11.6 Å². The third-order valence-electron chi connectivity index (χ3n) is 3.56. The smallest absolute Gasteiger partial charge is 0.0471 e. The van der Waals surface area contributed by atoms with E-state index in [-0.39, 0.29) is 5.54 Å². The summed E-state index contributed by atoms with van der Waals surface area (Å²) in [5.41, 5.74) is 2.45. The molecule has 1 rings (SSSR count). The molecule has 0 spiro atoms. The molecule has 1 aromatic carbocycles. The van der Waals surface area contributed by atoms with Crippen LogP contribution in [-0.2, 0) is 6.54 Å². The second-order valence-electron chi connectivity index (χ2n) is 5.03. The molecule has 2 nitrogen and oxygen atoms in total. The molecule has 0 atom stereocenters. The van der Waals surface area contributed by atoms with Gasteiger partial charge in [0, 0.05) is 29.8 Å². The first-order valence-corrected chi connectivity index (χ1v) is 6.47. The molecule has 0 aliphatic carbocycles. The van der Waals surface area contributed by atoms with E-state index < -0.39 is 0 Å². The average Bonchev–Trinajstić information content (AvgIpc) is 2.31. The molecule has 0 fully saturated rings. The Hall–Kier alpha value is -0.730. The quantitative estimate of drug-likeness (QED) is 0.862. The van der Waals surface area contributed by atoms with E-state index in [0.29, 0.717) is 0 Å². The molecule has 0 heterocycles. The van der Waals surface area contributed by atoms with Gasteiger partial charge in [0.2, 0.25) is 0 Å². The summed E-state index contributed by atoms with van der Waals surface area (Å²) >= 11 is 6.28. The van der Waals surface area contributed by atoms with Crippen molar-refractivity contribution in [2.24, 2.45) is 0 Å². The Morgan fingerprint density at radius 3 is 2.47 bits per heavy atom. The largest absolute Gasteiger partial charge is 0.369 e. The number of halogens is 1. The summed E-state index contributed by atoms with van der Waals surface area (Å²) in [6.07, 6.45) is 1.10. The molecule has 0 saturated carbocycles. The predicted octanol–water partition coefficient (Wildman–Crippen LogP) is 3.68. The minimum atomic E-state index is 0.147. The maximum atomic E-state index is 6.28. The summed E-state index contributed by atoms with van der Waals surface area (Å²) in [5.74, 6) is 0. The van der Waals surface area contributed by atoms with Crippen LogP contribution in [0.15, 0.2) is 18.2 Å². The van der Waals surface area contributed by atoms with Gasteiger partial charge in [-0.25, -0.2) is 0 Å². The first-order valence-electron chi connectivity index (χ1n) is 6.09. The third-order valence-corrected chi connectivity index (χ3v) is 3.92. The van der Waals surface area contributed by atoms with Crippen LogP contribution < -0.4 is 10.2 Å². The number of nitrogens with one attached hydrogen (secondary N) is 1. The molecule has 17 heavy (non-hydrogen) atoms. The second kappa shape index (κ2) is 5.74. The molecular formula is C14H23ClN2. The van der Waals surface area contributed by atoms with Gasteiger partial charge in [-0.05, 0) is 45.0 Å². The van der Waals surface area contributed by atoms with Crippen LogP contribution in [0.2, 0.25) is 5.02 Å². The lowest BCUT2D eigenvalue weighted by Gasteiger charge is -2.37. The Bertz CT molecular complexity index is 374. The Labute approximate surface area is 110 Å². The lowest BCUT2D eigenvalue weighted by molar-refractivity contribution is 0.471. The summed E-state index contributed by atoms with van der Waals surface area (Å²) in [5, 5.41) is 3.95. The van der Waals surface area contributed by atoms with E-state index in [1.165, 1.54) is 5.69 Å². The SMILES string of the molecule is CCC(C)(C)N(C)c1ccc(CNC)c(Cl)c1. The first-order chi connectivity index (χ1) is 7.92. The Kier molecular flexibility index (Phi) is 4.84. The Balaban J connectivity index is 2.97. The van der Waals surface area contributed by atoms with Gasteiger partial charge in [-0.3, -0.25) is 0 Å². The average molecular weight is 255 g/mol. The summed E-state index contributed by atoms with van der Waals surface area (Å²) in [6, 6.07) is 6.28. The fourth-order valence-corrected chi connectivity index (χ4v) is 1.91. The molecule has 0 saturated heterocycles. The van der Waals surface area contributed by atoms with Crippen LogP contribution in [0.3, 0.4) is 0 Å². The lowest BCUT2D eigenvalue weighted by atomic mass is 9.99. The number of rotatable bonds is 5. The van der Waals surface area contributed by atoms with Gasteiger partial charge in [0.15, 0.2) is 0 Å². The van der Waals surface area contributed by atoms with Crippen LogP contribution in [0.4, 0.5) is 5.69 Å². The molecule has 0 aliphatic heterocycles. The van der Waals surface area contributed by atoms with Crippen molar-refractivity contribution in [1.29, 1.82) is 0 Å². The van der Waals surface area contributed by atoms with E-state index in [1.807, 2.05) is 13.1 Å². The monoisotopic (exact) mass is 254 g/mol. The molecule has 0 amide bonds. The van der Waals surface area contributed by atoms with Crippen molar-refractivity contribution in [2.45, 2.75) is 39.3 Å². The highest BCUT2D eigenvalue weighted by Crippen LogP contribution is 2.28. The van der Waals surface area contributed by atoms with Gasteiger partial charge in [0.1, 0.15) is 0 Å². The van der Waals surface area contributed by atoms with E-state index >= 15 is 0 Å². The number of hydrogen-bond acceptors (Lipinski definition) is 2. The summed E-state index contributed by atoms with van der Waals surface area (Å²) in [4.78, 5) is 2.28. The van der Waals surface area contributed by atoms with Gasteiger partial charge in [0.05, 0.1) is 0 Å². The van der Waals surface area contributed by atoms with Crippen molar-refractivity contribution in [3.05, 3.63) is 28.8 Å². The molecule has 0 aliphatic rings. The third kappa shape index (κ3) is 3.36. The summed E-state index contributed by atoms with van der Waals surface area (Å²) in [6.45, 7) is 7.48. The minimum Gasteiger partial charge on any atom is -0.369 e. The van der Waals surface area contributed by atoms with Gasteiger partial charge >= 0.3 is 0 Å². The summed E-state index contributed by atoms with van der Waals surface area (Å²) in [7, 11) is 4.05. The minimum absolute atomic E-state index is 0.147. The molecule has 96 valence electrons. The molecule has 0 radical (unpaired) electrons. The Morgan fingerprint density at radius 2 is 2.00 bits per heavy atom. The first kappa shape index (κ1) is 14.3. The van der Waals surface area contributed by atoms with E-state index in [9.17, 15) is 0 Å². The molecule has 0 bridgehead atoms. The zero-order chi connectivity index (χ0) is 13.1. The fraction of sp³-hybridized carbons (Fsp3) is 0.571. The van der Waals surface area contributed by atoms with E-state index in [1.54, 1.807) is 0 Å². The van der Waals surface area contributed by atoms with Crippen LogP contribution in [0.25, 0.3) is 0 Å². The summed E-state index contributed by atoms with van der Waals surface area (Å²) < 4.78 is 0. The van der Waals surface area contributed by atoms with Gasteiger partial charge < -0.3 is 10.2 Å². The van der Waals surface area contributed by atoms with Crippen molar-refractivity contribution < 1.29 is 0 Å². The van der Waals surface area contributed by atoms with Crippen LogP contribution in [0.5, 0.6) is 0 Å². The number of anilines is 1. The van der Waals surface area contributed by atoms with Crippen LogP contribution in [0, 0.1) is 0 Å². The van der Waals surface area contributed by atoms with Crippen LogP contribution >= 0.6 is 11.6 Å². The van der Waals surface area contributed by atoms with Gasteiger partial charge in [-0.1, -0.05) is 24.6 Å². The zero-order valence-electron chi connectivity index (χ0n) is 11.5. The number of nitrogens with zero attached hydrogens (tertiary/aromatic N) is 1. The number of benzene rings is 1. The lowest BCUT2D eigenvalue weighted by Crippen LogP contribution is -2.40. The highest BCUT2D eigenvalue weighted by atomic mass is 35.5. The number of hydrogen-bond donors (Lipinski definition) is 1. The standard InChI is InChI=1S/C14H23ClN2/c1-6-14(2,3)17(5)12-8-7-11(10-16-4)13(15)9-12/h7-9,16H,6,10H2,1-5H3. The van der Waals surface area contributed by atoms with Gasteiger partial charge in [-0.2, -0.15) is 0 Å².